The Morgan fingerprint density at radius 3 is 3.00 bits per heavy atom. The Morgan fingerprint density at radius 2 is 2.33 bits per heavy atom. The van der Waals surface area contributed by atoms with Crippen molar-refractivity contribution in [2.45, 2.75) is 45.3 Å². The molecule has 1 aromatic heterocycles. The van der Waals surface area contributed by atoms with Crippen LogP contribution in [0.4, 0.5) is 0 Å². The maximum atomic E-state index is 6.20. The summed E-state index contributed by atoms with van der Waals surface area (Å²) < 4.78 is 0. The number of nitrogens with zero attached hydrogens (tertiary/aromatic N) is 2. The van der Waals surface area contributed by atoms with Crippen LogP contribution in [0.15, 0.2) is 18.5 Å². The molecule has 1 aliphatic rings. The van der Waals surface area contributed by atoms with Gasteiger partial charge in [0, 0.05) is 43.6 Å². The molecule has 1 atom stereocenters. The summed E-state index contributed by atoms with van der Waals surface area (Å²) in [7, 11) is 0. The van der Waals surface area contributed by atoms with Crippen LogP contribution in [0.1, 0.15) is 32.8 Å². The molecule has 0 radical (unpaired) electrons. The summed E-state index contributed by atoms with van der Waals surface area (Å²) in [5.41, 5.74) is 1.33. The quantitative estimate of drug-likeness (QED) is 0.913. The maximum Gasteiger partial charge on any atom is 0.0634 e. The van der Waals surface area contributed by atoms with Crippen LogP contribution in [0.3, 0.4) is 0 Å². The Balaban J connectivity index is 2.12. The minimum absolute atomic E-state index is 0.165. The first-order valence-corrected chi connectivity index (χ1v) is 6.97. The van der Waals surface area contributed by atoms with Gasteiger partial charge in [0.1, 0.15) is 0 Å². The molecule has 1 unspecified atom stereocenters. The molecule has 18 heavy (non-hydrogen) atoms. The average Bonchev–Trinajstić information content (AvgIpc) is 2.34. The average molecular weight is 268 g/mol. The molecule has 1 fully saturated rings. The number of halogens is 1. The van der Waals surface area contributed by atoms with E-state index in [1.807, 2.05) is 12.3 Å². The Kier molecular flexibility index (Phi) is 4.25. The third-order valence-electron chi connectivity index (χ3n) is 3.83. The van der Waals surface area contributed by atoms with Crippen LogP contribution in [0, 0.1) is 0 Å². The molecule has 2 rings (SSSR count). The van der Waals surface area contributed by atoms with E-state index < -0.39 is 0 Å². The SMILES string of the molecule is CCC1CN(Cc2ccncc2Cl)C(C)(C)CN1. The topological polar surface area (TPSA) is 28.2 Å². The third kappa shape index (κ3) is 3.02. The van der Waals surface area contributed by atoms with Gasteiger partial charge >= 0.3 is 0 Å². The number of rotatable bonds is 3. The van der Waals surface area contributed by atoms with Gasteiger partial charge in [-0.2, -0.15) is 0 Å². The first-order valence-electron chi connectivity index (χ1n) is 6.60. The van der Waals surface area contributed by atoms with Gasteiger partial charge in [-0.3, -0.25) is 9.88 Å². The van der Waals surface area contributed by atoms with Gasteiger partial charge < -0.3 is 5.32 Å². The van der Waals surface area contributed by atoms with Crippen molar-refractivity contribution in [1.82, 2.24) is 15.2 Å². The highest BCUT2D eigenvalue weighted by Gasteiger charge is 2.33. The molecule has 0 amide bonds. The van der Waals surface area contributed by atoms with E-state index >= 15 is 0 Å². The smallest absolute Gasteiger partial charge is 0.0634 e. The van der Waals surface area contributed by atoms with E-state index in [1.165, 1.54) is 0 Å². The van der Waals surface area contributed by atoms with Gasteiger partial charge in [0.15, 0.2) is 0 Å². The van der Waals surface area contributed by atoms with Gasteiger partial charge in [0.25, 0.3) is 0 Å². The van der Waals surface area contributed by atoms with E-state index in [2.05, 4.69) is 36.0 Å². The van der Waals surface area contributed by atoms with Crippen molar-refractivity contribution in [1.29, 1.82) is 0 Å². The summed E-state index contributed by atoms with van der Waals surface area (Å²) in [6, 6.07) is 2.60. The monoisotopic (exact) mass is 267 g/mol. The molecule has 1 saturated heterocycles. The van der Waals surface area contributed by atoms with Crippen LogP contribution in [-0.2, 0) is 6.54 Å². The highest BCUT2D eigenvalue weighted by atomic mass is 35.5. The van der Waals surface area contributed by atoms with Crippen LogP contribution < -0.4 is 5.32 Å². The molecule has 3 nitrogen and oxygen atoms in total. The van der Waals surface area contributed by atoms with E-state index in [0.717, 1.165) is 36.6 Å². The summed E-state index contributed by atoms with van der Waals surface area (Å²) in [6.45, 7) is 9.78. The second kappa shape index (κ2) is 5.55. The van der Waals surface area contributed by atoms with E-state index in [0.29, 0.717) is 6.04 Å². The van der Waals surface area contributed by atoms with Crippen molar-refractivity contribution in [3.63, 3.8) is 0 Å². The minimum atomic E-state index is 0.165. The number of hydrogen-bond acceptors (Lipinski definition) is 3. The predicted octanol–water partition coefficient (Wildman–Crippen LogP) is 2.70. The van der Waals surface area contributed by atoms with Gasteiger partial charge in [-0.1, -0.05) is 18.5 Å². The molecule has 0 bridgehead atoms. The second-order valence-corrected chi connectivity index (χ2v) is 6.05. The Morgan fingerprint density at radius 1 is 1.56 bits per heavy atom. The van der Waals surface area contributed by atoms with Crippen molar-refractivity contribution in [2.24, 2.45) is 0 Å². The molecule has 0 aromatic carbocycles. The molecule has 1 aromatic rings. The van der Waals surface area contributed by atoms with Gasteiger partial charge in [-0.15, -0.1) is 0 Å². The molecule has 4 heteroatoms. The summed E-state index contributed by atoms with van der Waals surface area (Å²) in [4.78, 5) is 6.56. The normalized spacial score (nSPS) is 24.1. The van der Waals surface area contributed by atoms with Gasteiger partial charge in [-0.25, -0.2) is 0 Å². The van der Waals surface area contributed by atoms with E-state index in [4.69, 9.17) is 11.6 Å². The van der Waals surface area contributed by atoms with E-state index in [9.17, 15) is 0 Å². The largest absolute Gasteiger partial charge is 0.311 e. The molecule has 0 spiro atoms. The number of aromatic nitrogens is 1. The van der Waals surface area contributed by atoms with Crippen molar-refractivity contribution < 1.29 is 0 Å². The molecule has 1 N–H and O–H groups in total. The lowest BCUT2D eigenvalue weighted by Gasteiger charge is -2.46. The van der Waals surface area contributed by atoms with E-state index in [1.54, 1.807) is 6.20 Å². The first kappa shape index (κ1) is 13.8. The number of nitrogens with one attached hydrogen (secondary N) is 1. The minimum Gasteiger partial charge on any atom is -0.311 e. The molecule has 2 heterocycles. The van der Waals surface area contributed by atoms with Gasteiger partial charge in [0.05, 0.1) is 5.02 Å². The first-order chi connectivity index (χ1) is 8.53. The standard InChI is InChI=1S/C14H22ClN3/c1-4-12-9-18(14(2,3)10-17-12)8-11-5-6-16-7-13(11)15/h5-7,12,17H,4,8-10H2,1-3H3. The Labute approximate surface area is 115 Å². The predicted molar refractivity (Wildman–Crippen MR) is 75.8 cm³/mol. The molecule has 1 aliphatic heterocycles. The maximum absolute atomic E-state index is 6.20. The molecular weight excluding hydrogens is 246 g/mol. The lowest BCUT2D eigenvalue weighted by molar-refractivity contribution is 0.0577. The molecular formula is C14H22ClN3. The van der Waals surface area contributed by atoms with Gasteiger partial charge in [-0.05, 0) is 31.9 Å². The van der Waals surface area contributed by atoms with Crippen LogP contribution in [-0.4, -0.2) is 34.6 Å². The van der Waals surface area contributed by atoms with Crippen LogP contribution in [0.5, 0.6) is 0 Å². The second-order valence-electron chi connectivity index (χ2n) is 5.65. The Hall–Kier alpha value is -0.640. The highest BCUT2D eigenvalue weighted by Crippen LogP contribution is 2.24. The fourth-order valence-corrected chi connectivity index (χ4v) is 2.55. The van der Waals surface area contributed by atoms with Crippen molar-refractivity contribution >= 4 is 11.6 Å². The highest BCUT2D eigenvalue weighted by molar-refractivity contribution is 6.31. The lowest BCUT2D eigenvalue weighted by atomic mass is 9.96. The fourth-order valence-electron chi connectivity index (χ4n) is 2.37. The molecule has 100 valence electrons. The molecule has 0 aliphatic carbocycles. The summed E-state index contributed by atoms with van der Waals surface area (Å²) in [5, 5.41) is 4.37. The number of pyridine rings is 1. The number of hydrogen-bond donors (Lipinski definition) is 1. The third-order valence-corrected chi connectivity index (χ3v) is 4.17. The lowest BCUT2D eigenvalue weighted by Crippen LogP contribution is -2.61. The van der Waals surface area contributed by atoms with Crippen molar-refractivity contribution in [3.05, 3.63) is 29.0 Å². The van der Waals surface area contributed by atoms with Crippen molar-refractivity contribution in [3.8, 4) is 0 Å². The van der Waals surface area contributed by atoms with Crippen LogP contribution in [0.25, 0.3) is 0 Å². The van der Waals surface area contributed by atoms with Gasteiger partial charge in [0.2, 0.25) is 0 Å². The van der Waals surface area contributed by atoms with Crippen LogP contribution >= 0.6 is 11.6 Å². The zero-order chi connectivity index (χ0) is 13.2. The summed E-state index contributed by atoms with van der Waals surface area (Å²) in [5.74, 6) is 0. The number of piperazine rings is 1. The van der Waals surface area contributed by atoms with Crippen molar-refractivity contribution in [2.75, 3.05) is 13.1 Å². The Bertz CT molecular complexity index is 406. The zero-order valence-electron chi connectivity index (χ0n) is 11.4. The zero-order valence-corrected chi connectivity index (χ0v) is 12.2. The van der Waals surface area contributed by atoms with E-state index in [-0.39, 0.29) is 5.54 Å². The molecule has 0 saturated carbocycles. The summed E-state index contributed by atoms with van der Waals surface area (Å²) in [6.07, 6.45) is 4.70. The van der Waals surface area contributed by atoms with Crippen LogP contribution in [0.2, 0.25) is 5.02 Å². The fraction of sp³-hybridized carbons (Fsp3) is 0.643. The summed E-state index contributed by atoms with van der Waals surface area (Å²) >= 11 is 6.20.